The van der Waals surface area contributed by atoms with Crippen LogP contribution in [0.15, 0.2) is 58.4 Å². The first-order valence-corrected chi connectivity index (χ1v) is 13.7. The normalized spacial score (nSPS) is 19.6. The number of urea groups is 1. The van der Waals surface area contributed by atoms with E-state index in [9.17, 15) is 33.9 Å². The zero-order chi connectivity index (χ0) is 28.7. The second-order valence-corrected chi connectivity index (χ2v) is 11.0. The standard InChI is InChI=1S/C26H22N4O8S2/c1-2-38-24(35)12-7-9-13(10-8-12)28-16(32)11-29-23-20(40-26(29)37)17(14-5-3-4-6-15(14)31)18-19(39-23)22(34)30(21(18)33)25(27)36/h3-10,17-19,31H,2,11H2,1H3,(H2,27,36)(H,28,32)/t17-,18+,19-/m0/s1. The zero-order valence-corrected chi connectivity index (χ0v) is 22.5. The first-order valence-electron chi connectivity index (χ1n) is 12.0. The molecule has 0 aliphatic carbocycles. The number of carbonyl (C=O) groups is 5. The van der Waals surface area contributed by atoms with Crippen LogP contribution in [0.4, 0.5) is 10.5 Å². The number of nitrogens with two attached hydrogens (primary N) is 1. The van der Waals surface area contributed by atoms with Crippen LogP contribution in [0, 0.1) is 5.92 Å². The molecule has 5 rings (SSSR count). The van der Waals surface area contributed by atoms with Crippen LogP contribution < -0.4 is 15.9 Å². The summed E-state index contributed by atoms with van der Waals surface area (Å²) in [5, 5.41) is 12.5. The second-order valence-electron chi connectivity index (χ2n) is 8.92. The molecule has 5 amide bonds. The molecule has 3 aromatic rings. The Bertz CT molecular complexity index is 1610. The molecule has 2 aromatic carbocycles. The van der Waals surface area contributed by atoms with Crippen molar-refractivity contribution in [2.24, 2.45) is 11.7 Å². The van der Waals surface area contributed by atoms with Crippen molar-refractivity contribution in [3.63, 3.8) is 0 Å². The van der Waals surface area contributed by atoms with Gasteiger partial charge < -0.3 is 20.9 Å². The number of nitrogens with zero attached hydrogens (tertiary/aromatic N) is 2. The van der Waals surface area contributed by atoms with Crippen LogP contribution in [0.3, 0.4) is 0 Å². The number of esters is 1. The number of carbonyl (C=O) groups excluding carboxylic acids is 5. The van der Waals surface area contributed by atoms with Gasteiger partial charge in [0.15, 0.2) is 0 Å². The van der Waals surface area contributed by atoms with Crippen LogP contribution >= 0.6 is 23.1 Å². The van der Waals surface area contributed by atoms with Gasteiger partial charge in [0.05, 0.1) is 23.1 Å². The van der Waals surface area contributed by atoms with E-state index in [2.05, 4.69) is 5.32 Å². The zero-order valence-electron chi connectivity index (χ0n) is 20.9. The Balaban J connectivity index is 1.48. The molecule has 1 aromatic heterocycles. The van der Waals surface area contributed by atoms with E-state index in [0.29, 0.717) is 26.6 Å². The van der Waals surface area contributed by atoms with Gasteiger partial charge in [-0.1, -0.05) is 41.3 Å². The van der Waals surface area contributed by atoms with E-state index in [1.54, 1.807) is 25.1 Å². The van der Waals surface area contributed by atoms with Crippen LogP contribution in [-0.2, 0) is 25.7 Å². The number of hydrogen-bond donors (Lipinski definition) is 3. The highest BCUT2D eigenvalue weighted by atomic mass is 32.2. The summed E-state index contributed by atoms with van der Waals surface area (Å²) in [5.74, 6) is -4.87. The number of fused-ring (bicyclic) bond motifs is 2. The van der Waals surface area contributed by atoms with Crippen molar-refractivity contribution in [1.29, 1.82) is 0 Å². The minimum atomic E-state index is -1.21. The lowest BCUT2D eigenvalue weighted by molar-refractivity contribution is -0.135. The molecule has 1 fully saturated rings. The molecule has 14 heteroatoms. The third-order valence-electron chi connectivity index (χ3n) is 6.52. The lowest BCUT2D eigenvalue weighted by atomic mass is 9.82. The molecular formula is C26H22N4O8S2. The number of phenols is 1. The molecule has 206 valence electrons. The van der Waals surface area contributed by atoms with Crippen molar-refractivity contribution in [3.8, 4) is 5.75 Å². The minimum absolute atomic E-state index is 0.154. The number of phenolic OH excluding ortho intramolecular Hbond substituents is 1. The number of likely N-dealkylation sites (tertiary alicyclic amines) is 1. The number of rotatable bonds is 6. The largest absolute Gasteiger partial charge is 0.508 e. The number of thiazole rings is 1. The summed E-state index contributed by atoms with van der Waals surface area (Å²) in [6.07, 6.45) is 0. The Kier molecular flexibility index (Phi) is 7.21. The maximum Gasteiger partial charge on any atom is 0.338 e. The fraction of sp³-hybridized carbons (Fsp3) is 0.231. The van der Waals surface area contributed by atoms with Gasteiger partial charge in [-0.25, -0.2) is 9.59 Å². The maximum absolute atomic E-state index is 13.2. The molecule has 2 aliphatic heterocycles. The number of aromatic hydroxyl groups is 1. The van der Waals surface area contributed by atoms with E-state index < -0.39 is 58.2 Å². The van der Waals surface area contributed by atoms with Gasteiger partial charge in [-0.3, -0.25) is 23.7 Å². The number of benzene rings is 2. The Labute approximate surface area is 234 Å². The molecule has 3 heterocycles. The van der Waals surface area contributed by atoms with Crippen molar-refractivity contribution in [1.82, 2.24) is 9.47 Å². The predicted molar refractivity (Wildman–Crippen MR) is 144 cm³/mol. The molecule has 2 aliphatic rings. The fourth-order valence-corrected chi connectivity index (χ4v) is 7.57. The molecule has 0 saturated carbocycles. The third-order valence-corrected chi connectivity index (χ3v) is 9.13. The number of hydrogen-bond acceptors (Lipinski definition) is 10. The number of anilines is 1. The van der Waals surface area contributed by atoms with Crippen molar-refractivity contribution < 1.29 is 33.8 Å². The molecule has 0 bridgehead atoms. The van der Waals surface area contributed by atoms with Gasteiger partial charge in [-0.05, 0) is 37.3 Å². The van der Waals surface area contributed by atoms with Crippen LogP contribution in [0.2, 0.25) is 0 Å². The summed E-state index contributed by atoms with van der Waals surface area (Å²) in [4.78, 5) is 76.4. The Morgan fingerprint density at radius 2 is 1.75 bits per heavy atom. The van der Waals surface area contributed by atoms with E-state index in [0.717, 1.165) is 23.1 Å². The summed E-state index contributed by atoms with van der Waals surface area (Å²) in [7, 11) is 0. The van der Waals surface area contributed by atoms with Gasteiger partial charge in [0.1, 0.15) is 17.5 Å². The molecule has 0 spiro atoms. The van der Waals surface area contributed by atoms with E-state index in [1.165, 1.54) is 34.9 Å². The Hall–Kier alpha value is -4.43. The summed E-state index contributed by atoms with van der Waals surface area (Å²) < 4.78 is 6.14. The van der Waals surface area contributed by atoms with E-state index in [-0.39, 0.29) is 17.4 Å². The van der Waals surface area contributed by atoms with Crippen molar-refractivity contribution >= 4 is 58.5 Å². The van der Waals surface area contributed by atoms with Crippen molar-refractivity contribution in [2.75, 3.05) is 11.9 Å². The highest BCUT2D eigenvalue weighted by molar-refractivity contribution is 8.00. The van der Waals surface area contributed by atoms with Gasteiger partial charge in [-0.15, -0.1) is 0 Å². The number of ether oxygens (including phenoxy) is 1. The Morgan fingerprint density at radius 3 is 2.40 bits per heavy atom. The molecule has 4 N–H and O–H groups in total. The molecule has 1 saturated heterocycles. The summed E-state index contributed by atoms with van der Waals surface area (Å²) in [6.45, 7) is 1.50. The highest BCUT2D eigenvalue weighted by Gasteiger charge is 2.58. The summed E-state index contributed by atoms with van der Waals surface area (Å²) in [6, 6.07) is 11.0. The molecule has 3 atom stereocenters. The molecule has 0 radical (unpaired) electrons. The number of imide groups is 3. The van der Waals surface area contributed by atoms with Crippen LogP contribution in [-0.4, -0.2) is 56.2 Å². The maximum atomic E-state index is 13.2. The number of amides is 5. The highest BCUT2D eigenvalue weighted by Crippen LogP contribution is 2.54. The number of para-hydroxylation sites is 1. The van der Waals surface area contributed by atoms with Gasteiger partial charge in [0.25, 0.3) is 5.91 Å². The smallest absolute Gasteiger partial charge is 0.338 e. The average Bonchev–Trinajstić information content (AvgIpc) is 3.36. The van der Waals surface area contributed by atoms with Crippen LogP contribution in [0.5, 0.6) is 5.75 Å². The first kappa shape index (κ1) is 27.1. The van der Waals surface area contributed by atoms with Gasteiger partial charge in [0, 0.05) is 22.0 Å². The monoisotopic (exact) mass is 582 g/mol. The number of nitrogens with one attached hydrogen (secondary N) is 1. The molecular weight excluding hydrogens is 560 g/mol. The lowest BCUT2D eigenvalue weighted by Gasteiger charge is -2.31. The average molecular weight is 583 g/mol. The summed E-state index contributed by atoms with van der Waals surface area (Å²) in [5.41, 5.74) is 6.30. The fourth-order valence-electron chi connectivity index (χ4n) is 4.81. The molecule has 0 unspecified atom stereocenters. The minimum Gasteiger partial charge on any atom is -0.508 e. The summed E-state index contributed by atoms with van der Waals surface area (Å²) >= 11 is 1.71. The quantitative estimate of drug-likeness (QED) is 0.290. The number of thioether (sulfide) groups is 1. The van der Waals surface area contributed by atoms with Gasteiger partial charge in [-0.2, -0.15) is 4.90 Å². The molecule has 12 nitrogen and oxygen atoms in total. The van der Waals surface area contributed by atoms with Crippen molar-refractivity contribution in [2.45, 2.75) is 29.7 Å². The SMILES string of the molecule is CCOC(=O)c1ccc(NC(=O)Cn2c3c(sc2=O)[C@@H](c2ccccc2O)[C@H]2C(=O)N(C(N)=O)C(=O)[C@H]2S3)cc1. The Morgan fingerprint density at radius 1 is 1.05 bits per heavy atom. The van der Waals surface area contributed by atoms with E-state index in [4.69, 9.17) is 10.5 Å². The van der Waals surface area contributed by atoms with Crippen molar-refractivity contribution in [3.05, 3.63) is 74.2 Å². The second kappa shape index (κ2) is 10.6. The number of aromatic nitrogens is 1. The van der Waals surface area contributed by atoms with Crippen LogP contribution in [0.1, 0.15) is 33.6 Å². The van der Waals surface area contributed by atoms with Gasteiger partial charge >= 0.3 is 16.9 Å². The topological polar surface area (TPSA) is 178 Å². The van der Waals surface area contributed by atoms with Gasteiger partial charge in [0.2, 0.25) is 11.8 Å². The number of primary amides is 1. The first-order chi connectivity index (χ1) is 19.1. The van der Waals surface area contributed by atoms with E-state index >= 15 is 0 Å². The van der Waals surface area contributed by atoms with Crippen LogP contribution in [0.25, 0.3) is 0 Å². The van der Waals surface area contributed by atoms with E-state index in [1.807, 2.05) is 0 Å². The third kappa shape index (κ3) is 4.64. The predicted octanol–water partition coefficient (Wildman–Crippen LogP) is 2.10. The lowest BCUT2D eigenvalue weighted by Crippen LogP contribution is -2.41. The molecule has 40 heavy (non-hydrogen) atoms.